The van der Waals surface area contributed by atoms with Crippen molar-refractivity contribution in [1.82, 2.24) is 16.0 Å². The Morgan fingerprint density at radius 1 is 0.970 bits per heavy atom. The Hall–Kier alpha value is -3.94. The van der Waals surface area contributed by atoms with Crippen LogP contribution in [-0.4, -0.2) is 30.8 Å². The zero-order valence-corrected chi connectivity index (χ0v) is 18.6. The number of amides is 3. The van der Waals surface area contributed by atoms with Crippen molar-refractivity contribution >= 4 is 17.7 Å². The molecule has 1 heterocycles. The van der Waals surface area contributed by atoms with Crippen molar-refractivity contribution in [3.8, 4) is 11.3 Å². The summed E-state index contributed by atoms with van der Waals surface area (Å²) in [5.74, 6) is -0.994. The first-order valence-corrected chi connectivity index (χ1v) is 10.5. The van der Waals surface area contributed by atoms with Gasteiger partial charge in [-0.05, 0) is 53.9 Å². The SMILES string of the molecule is CNC(=O)[C@@H](NC(=O)c1ccc(-c2cccc(CNC(=O)c3ccc(F)cc3)c2)o1)C(C)C. The third kappa shape index (κ3) is 6.06. The summed E-state index contributed by atoms with van der Waals surface area (Å²) in [6.45, 7) is 3.95. The fourth-order valence-corrected chi connectivity index (χ4v) is 3.24. The molecule has 0 radical (unpaired) electrons. The van der Waals surface area contributed by atoms with Crippen LogP contribution in [0.1, 0.15) is 40.3 Å². The van der Waals surface area contributed by atoms with Crippen LogP contribution in [0.4, 0.5) is 4.39 Å². The summed E-state index contributed by atoms with van der Waals surface area (Å²) in [6.07, 6.45) is 0. The molecule has 33 heavy (non-hydrogen) atoms. The molecule has 1 aromatic heterocycles. The summed E-state index contributed by atoms with van der Waals surface area (Å²) in [5, 5.41) is 8.03. The number of carbonyl (C=O) groups is 3. The molecule has 0 saturated carbocycles. The van der Waals surface area contributed by atoms with E-state index in [4.69, 9.17) is 4.42 Å². The second-order valence-corrected chi connectivity index (χ2v) is 7.86. The van der Waals surface area contributed by atoms with Gasteiger partial charge in [0, 0.05) is 24.7 Å². The van der Waals surface area contributed by atoms with E-state index >= 15 is 0 Å². The molecule has 0 unspecified atom stereocenters. The molecule has 0 fully saturated rings. The van der Waals surface area contributed by atoms with Crippen LogP contribution in [0.5, 0.6) is 0 Å². The van der Waals surface area contributed by atoms with Gasteiger partial charge in [-0.25, -0.2) is 4.39 Å². The van der Waals surface area contributed by atoms with E-state index in [-0.39, 0.29) is 30.0 Å². The van der Waals surface area contributed by atoms with E-state index in [1.165, 1.54) is 31.3 Å². The van der Waals surface area contributed by atoms with E-state index in [2.05, 4.69) is 16.0 Å². The summed E-state index contributed by atoms with van der Waals surface area (Å²) >= 11 is 0. The number of hydrogen-bond donors (Lipinski definition) is 3. The third-order valence-corrected chi connectivity index (χ3v) is 5.08. The molecule has 8 heteroatoms. The molecule has 3 N–H and O–H groups in total. The maximum absolute atomic E-state index is 13.0. The normalized spacial score (nSPS) is 11.7. The average molecular weight is 451 g/mol. The van der Waals surface area contributed by atoms with E-state index in [9.17, 15) is 18.8 Å². The Morgan fingerprint density at radius 2 is 1.70 bits per heavy atom. The molecule has 3 aromatic rings. The molecule has 0 aliphatic carbocycles. The summed E-state index contributed by atoms with van der Waals surface area (Å²) in [6, 6.07) is 15.2. The molecule has 0 spiro atoms. The highest BCUT2D eigenvalue weighted by Gasteiger charge is 2.25. The van der Waals surface area contributed by atoms with Gasteiger partial charge >= 0.3 is 0 Å². The first-order valence-electron chi connectivity index (χ1n) is 10.5. The van der Waals surface area contributed by atoms with Crippen LogP contribution in [0.25, 0.3) is 11.3 Å². The zero-order chi connectivity index (χ0) is 24.0. The van der Waals surface area contributed by atoms with Gasteiger partial charge in [-0.3, -0.25) is 14.4 Å². The second kappa shape index (κ2) is 10.6. The van der Waals surface area contributed by atoms with Gasteiger partial charge in [0.1, 0.15) is 17.6 Å². The van der Waals surface area contributed by atoms with Crippen LogP contribution >= 0.6 is 0 Å². The molecule has 3 amide bonds. The molecule has 7 nitrogen and oxygen atoms in total. The van der Waals surface area contributed by atoms with E-state index < -0.39 is 17.8 Å². The van der Waals surface area contributed by atoms with Gasteiger partial charge in [-0.1, -0.05) is 32.0 Å². The Morgan fingerprint density at radius 3 is 2.36 bits per heavy atom. The van der Waals surface area contributed by atoms with Gasteiger partial charge in [-0.2, -0.15) is 0 Å². The quantitative estimate of drug-likeness (QED) is 0.488. The van der Waals surface area contributed by atoms with Gasteiger partial charge in [0.15, 0.2) is 5.76 Å². The van der Waals surface area contributed by atoms with Gasteiger partial charge < -0.3 is 20.4 Å². The van der Waals surface area contributed by atoms with Crippen molar-refractivity contribution in [2.75, 3.05) is 7.05 Å². The Balaban J connectivity index is 1.67. The lowest BCUT2D eigenvalue weighted by Gasteiger charge is -2.19. The minimum atomic E-state index is -0.677. The minimum Gasteiger partial charge on any atom is -0.451 e. The monoisotopic (exact) mass is 451 g/mol. The third-order valence-electron chi connectivity index (χ3n) is 5.08. The molecule has 0 saturated heterocycles. The first-order chi connectivity index (χ1) is 15.8. The standard InChI is InChI=1S/C25H26FN3O4/c1-15(2)22(25(32)27-3)29-24(31)21-12-11-20(33-21)18-6-4-5-16(13-18)14-28-23(30)17-7-9-19(26)10-8-17/h4-13,15,22H,14H2,1-3H3,(H,27,32)(H,28,30)(H,29,31)/t22-/m0/s1. The topological polar surface area (TPSA) is 100 Å². The highest BCUT2D eigenvalue weighted by molar-refractivity contribution is 5.96. The van der Waals surface area contributed by atoms with E-state index in [0.29, 0.717) is 11.3 Å². The molecule has 0 aliphatic heterocycles. The number of carbonyl (C=O) groups excluding carboxylic acids is 3. The van der Waals surface area contributed by atoms with Crippen molar-refractivity contribution in [3.05, 3.63) is 83.4 Å². The predicted octanol–water partition coefficient (Wildman–Crippen LogP) is 3.52. The highest BCUT2D eigenvalue weighted by atomic mass is 19.1. The fourth-order valence-electron chi connectivity index (χ4n) is 3.24. The average Bonchev–Trinajstić information content (AvgIpc) is 3.31. The summed E-state index contributed by atoms with van der Waals surface area (Å²) in [4.78, 5) is 36.8. The van der Waals surface area contributed by atoms with Crippen LogP contribution in [0, 0.1) is 11.7 Å². The van der Waals surface area contributed by atoms with Crippen LogP contribution in [0.3, 0.4) is 0 Å². The second-order valence-electron chi connectivity index (χ2n) is 7.86. The molecular formula is C25H26FN3O4. The summed E-state index contributed by atoms with van der Waals surface area (Å²) in [5.41, 5.74) is 1.92. The van der Waals surface area contributed by atoms with Gasteiger partial charge in [-0.15, -0.1) is 0 Å². The molecule has 0 bridgehead atoms. The van der Waals surface area contributed by atoms with E-state index in [1.807, 2.05) is 38.1 Å². The largest absolute Gasteiger partial charge is 0.451 e. The van der Waals surface area contributed by atoms with Crippen molar-refractivity contribution in [1.29, 1.82) is 0 Å². The van der Waals surface area contributed by atoms with E-state index in [0.717, 1.165) is 11.1 Å². The molecular weight excluding hydrogens is 425 g/mol. The zero-order valence-electron chi connectivity index (χ0n) is 18.6. The van der Waals surface area contributed by atoms with Crippen LogP contribution in [0.15, 0.2) is 65.1 Å². The number of nitrogens with one attached hydrogen (secondary N) is 3. The fraction of sp³-hybridized carbons (Fsp3) is 0.240. The minimum absolute atomic E-state index is 0.0922. The van der Waals surface area contributed by atoms with Crippen molar-refractivity contribution in [2.24, 2.45) is 5.92 Å². The number of likely N-dealkylation sites (N-methyl/N-ethyl adjacent to an activating group) is 1. The first kappa shape index (κ1) is 23.7. The van der Waals surface area contributed by atoms with Crippen LogP contribution in [0.2, 0.25) is 0 Å². The summed E-state index contributed by atoms with van der Waals surface area (Å²) < 4.78 is 18.7. The van der Waals surface area contributed by atoms with Gasteiger partial charge in [0.2, 0.25) is 5.91 Å². The highest BCUT2D eigenvalue weighted by Crippen LogP contribution is 2.23. The number of rotatable bonds is 8. The Kier molecular flexibility index (Phi) is 7.61. The van der Waals surface area contributed by atoms with Gasteiger partial charge in [0.25, 0.3) is 11.8 Å². The van der Waals surface area contributed by atoms with Crippen molar-refractivity contribution < 1.29 is 23.2 Å². The molecule has 2 aromatic carbocycles. The number of halogens is 1. The lowest BCUT2D eigenvalue weighted by atomic mass is 10.0. The molecule has 3 rings (SSSR count). The van der Waals surface area contributed by atoms with Gasteiger partial charge in [0.05, 0.1) is 0 Å². The maximum atomic E-state index is 13.0. The Labute approximate surface area is 191 Å². The van der Waals surface area contributed by atoms with Crippen molar-refractivity contribution in [2.45, 2.75) is 26.4 Å². The Bertz CT molecular complexity index is 1140. The number of hydrogen-bond acceptors (Lipinski definition) is 4. The lowest BCUT2D eigenvalue weighted by molar-refractivity contribution is -0.123. The van der Waals surface area contributed by atoms with E-state index in [1.54, 1.807) is 12.1 Å². The summed E-state index contributed by atoms with van der Waals surface area (Å²) in [7, 11) is 1.52. The van der Waals surface area contributed by atoms with Crippen LogP contribution < -0.4 is 16.0 Å². The maximum Gasteiger partial charge on any atom is 0.287 e. The van der Waals surface area contributed by atoms with Crippen LogP contribution in [-0.2, 0) is 11.3 Å². The molecule has 0 aliphatic rings. The van der Waals surface area contributed by atoms with Crippen molar-refractivity contribution in [3.63, 3.8) is 0 Å². The predicted molar refractivity (Wildman–Crippen MR) is 122 cm³/mol. The smallest absolute Gasteiger partial charge is 0.287 e. The molecule has 172 valence electrons. The number of furan rings is 1. The lowest BCUT2D eigenvalue weighted by Crippen LogP contribution is -2.48. The molecule has 1 atom stereocenters. The number of benzene rings is 2.